The second kappa shape index (κ2) is 6.13. The van der Waals surface area contributed by atoms with Crippen LogP contribution in [0.1, 0.15) is 22.9 Å². The van der Waals surface area contributed by atoms with E-state index in [1.807, 2.05) is 13.0 Å². The minimum absolute atomic E-state index is 0.234. The van der Waals surface area contributed by atoms with Gasteiger partial charge in [0.15, 0.2) is 0 Å². The van der Waals surface area contributed by atoms with Crippen molar-refractivity contribution in [2.45, 2.75) is 19.3 Å². The molecule has 0 aliphatic heterocycles. The largest absolute Gasteiger partial charge is 0.573 e. The zero-order valence-electron chi connectivity index (χ0n) is 11.6. The van der Waals surface area contributed by atoms with Crippen molar-refractivity contribution in [1.82, 2.24) is 10.3 Å². The monoisotopic (exact) mass is 296 g/mol. The smallest absolute Gasteiger partial charge is 0.406 e. The molecule has 1 atom stereocenters. The average molecular weight is 296 g/mol. The molecule has 21 heavy (non-hydrogen) atoms. The Hall–Kier alpha value is -2.08. The molecule has 2 aromatic rings. The highest BCUT2D eigenvalue weighted by molar-refractivity contribution is 5.38. The topological polar surface area (TPSA) is 34.1 Å². The zero-order valence-corrected chi connectivity index (χ0v) is 11.6. The molecule has 0 spiro atoms. The Bertz CT molecular complexity index is 614. The van der Waals surface area contributed by atoms with Crippen LogP contribution < -0.4 is 10.1 Å². The first-order chi connectivity index (χ1) is 9.90. The van der Waals surface area contributed by atoms with E-state index >= 15 is 0 Å². The summed E-state index contributed by atoms with van der Waals surface area (Å²) in [5.41, 5.74) is 2.40. The molecule has 2 rings (SSSR count). The van der Waals surface area contributed by atoms with E-state index in [1.54, 1.807) is 25.4 Å². The number of pyridine rings is 1. The van der Waals surface area contributed by atoms with Crippen LogP contribution in [0, 0.1) is 6.92 Å². The van der Waals surface area contributed by atoms with Crippen molar-refractivity contribution in [3.63, 3.8) is 0 Å². The van der Waals surface area contributed by atoms with E-state index in [0.717, 1.165) is 11.3 Å². The SMILES string of the molecule is CNC(c1cccc(OC(F)(F)F)c1)c1cccnc1C. The average Bonchev–Trinajstić information content (AvgIpc) is 2.40. The van der Waals surface area contributed by atoms with Crippen molar-refractivity contribution in [1.29, 1.82) is 0 Å². The summed E-state index contributed by atoms with van der Waals surface area (Å²) in [4.78, 5) is 4.20. The van der Waals surface area contributed by atoms with E-state index in [1.165, 1.54) is 18.2 Å². The van der Waals surface area contributed by atoms with E-state index in [0.29, 0.717) is 5.56 Å². The number of nitrogens with one attached hydrogen (secondary N) is 1. The van der Waals surface area contributed by atoms with Crippen LogP contribution in [0.4, 0.5) is 13.2 Å². The van der Waals surface area contributed by atoms with Gasteiger partial charge >= 0.3 is 6.36 Å². The normalized spacial score (nSPS) is 13.0. The van der Waals surface area contributed by atoms with Crippen molar-refractivity contribution in [2.75, 3.05) is 7.05 Å². The predicted molar refractivity (Wildman–Crippen MR) is 73.0 cm³/mol. The molecule has 1 heterocycles. The fourth-order valence-electron chi connectivity index (χ4n) is 2.19. The second-order valence-corrected chi connectivity index (χ2v) is 4.52. The van der Waals surface area contributed by atoms with Gasteiger partial charge in [0.2, 0.25) is 0 Å². The van der Waals surface area contributed by atoms with Gasteiger partial charge in [-0.2, -0.15) is 0 Å². The van der Waals surface area contributed by atoms with Gasteiger partial charge in [0, 0.05) is 11.9 Å². The van der Waals surface area contributed by atoms with Crippen LogP contribution in [-0.4, -0.2) is 18.4 Å². The summed E-state index contributed by atoms with van der Waals surface area (Å²) in [6, 6.07) is 9.36. The molecule has 1 unspecified atom stereocenters. The maximum absolute atomic E-state index is 12.3. The number of hydrogen-bond donors (Lipinski definition) is 1. The van der Waals surface area contributed by atoms with E-state index in [4.69, 9.17) is 0 Å². The quantitative estimate of drug-likeness (QED) is 0.936. The number of nitrogens with zero attached hydrogens (tertiary/aromatic N) is 1. The van der Waals surface area contributed by atoms with Crippen molar-refractivity contribution in [2.24, 2.45) is 0 Å². The van der Waals surface area contributed by atoms with Crippen molar-refractivity contribution in [3.8, 4) is 5.75 Å². The summed E-state index contributed by atoms with van der Waals surface area (Å²) in [7, 11) is 1.74. The molecule has 0 saturated carbocycles. The van der Waals surface area contributed by atoms with Crippen LogP contribution in [0.25, 0.3) is 0 Å². The Morgan fingerprint density at radius 3 is 2.57 bits per heavy atom. The third-order valence-corrected chi connectivity index (χ3v) is 3.07. The van der Waals surface area contributed by atoms with E-state index in [9.17, 15) is 13.2 Å². The van der Waals surface area contributed by atoms with Crippen molar-refractivity contribution in [3.05, 3.63) is 59.4 Å². The van der Waals surface area contributed by atoms with Gasteiger partial charge in [-0.1, -0.05) is 18.2 Å². The Labute approximate surface area is 120 Å². The summed E-state index contributed by atoms with van der Waals surface area (Å²) >= 11 is 0. The summed E-state index contributed by atoms with van der Waals surface area (Å²) in [5.74, 6) is -0.234. The lowest BCUT2D eigenvalue weighted by atomic mass is 9.98. The molecular weight excluding hydrogens is 281 g/mol. The van der Waals surface area contributed by atoms with Crippen LogP contribution >= 0.6 is 0 Å². The highest BCUT2D eigenvalue weighted by Gasteiger charge is 2.31. The Balaban J connectivity index is 2.35. The summed E-state index contributed by atoms with van der Waals surface area (Å²) in [6.07, 6.45) is -3.02. The molecule has 1 N–H and O–H groups in total. The number of ether oxygens (including phenoxy) is 1. The first kappa shape index (κ1) is 15.3. The van der Waals surface area contributed by atoms with E-state index < -0.39 is 6.36 Å². The molecule has 0 amide bonds. The molecule has 0 bridgehead atoms. The van der Waals surface area contributed by atoms with Gasteiger partial charge < -0.3 is 10.1 Å². The summed E-state index contributed by atoms with van der Waals surface area (Å²) in [5, 5.41) is 3.09. The van der Waals surface area contributed by atoms with Crippen LogP contribution in [0.2, 0.25) is 0 Å². The van der Waals surface area contributed by atoms with Gasteiger partial charge in [0.25, 0.3) is 0 Å². The first-order valence-electron chi connectivity index (χ1n) is 6.35. The lowest BCUT2D eigenvalue weighted by molar-refractivity contribution is -0.274. The lowest BCUT2D eigenvalue weighted by Gasteiger charge is -2.19. The lowest BCUT2D eigenvalue weighted by Crippen LogP contribution is -2.20. The highest BCUT2D eigenvalue weighted by Crippen LogP contribution is 2.29. The third-order valence-electron chi connectivity index (χ3n) is 3.07. The van der Waals surface area contributed by atoms with Gasteiger partial charge in [-0.25, -0.2) is 0 Å². The molecule has 112 valence electrons. The van der Waals surface area contributed by atoms with Crippen LogP contribution in [0.3, 0.4) is 0 Å². The second-order valence-electron chi connectivity index (χ2n) is 4.52. The summed E-state index contributed by atoms with van der Waals surface area (Å²) < 4.78 is 40.8. The number of alkyl halides is 3. The van der Waals surface area contributed by atoms with Gasteiger partial charge in [-0.3, -0.25) is 4.98 Å². The number of aromatic nitrogens is 1. The van der Waals surface area contributed by atoms with Gasteiger partial charge in [-0.15, -0.1) is 13.2 Å². The van der Waals surface area contributed by atoms with Crippen LogP contribution in [0.15, 0.2) is 42.6 Å². The minimum atomic E-state index is -4.70. The Kier molecular flexibility index (Phi) is 4.47. The molecule has 3 nitrogen and oxygen atoms in total. The van der Waals surface area contributed by atoms with Crippen molar-refractivity contribution < 1.29 is 17.9 Å². The maximum Gasteiger partial charge on any atom is 0.573 e. The Morgan fingerprint density at radius 1 is 1.19 bits per heavy atom. The fraction of sp³-hybridized carbons (Fsp3) is 0.267. The van der Waals surface area contributed by atoms with Gasteiger partial charge in [0.1, 0.15) is 5.75 Å². The predicted octanol–water partition coefficient (Wildman–Crippen LogP) is 3.60. The summed E-state index contributed by atoms with van der Waals surface area (Å²) in [6.45, 7) is 1.86. The van der Waals surface area contributed by atoms with Gasteiger partial charge in [0.05, 0.1) is 6.04 Å². The molecular formula is C15H15F3N2O. The molecule has 0 saturated heterocycles. The molecule has 0 aliphatic rings. The van der Waals surface area contributed by atoms with Gasteiger partial charge in [-0.05, 0) is 43.3 Å². The Morgan fingerprint density at radius 2 is 1.95 bits per heavy atom. The number of halogens is 3. The zero-order chi connectivity index (χ0) is 15.5. The number of rotatable bonds is 4. The minimum Gasteiger partial charge on any atom is -0.406 e. The molecule has 6 heteroatoms. The maximum atomic E-state index is 12.3. The molecule has 1 aromatic heterocycles. The highest BCUT2D eigenvalue weighted by atomic mass is 19.4. The van der Waals surface area contributed by atoms with Crippen molar-refractivity contribution >= 4 is 0 Å². The van der Waals surface area contributed by atoms with Crippen LogP contribution in [0.5, 0.6) is 5.75 Å². The molecule has 0 fully saturated rings. The standard InChI is InChI=1S/C15H15F3N2O/c1-10-13(7-4-8-20-10)14(19-2)11-5-3-6-12(9-11)21-15(16,17)18/h3-9,14,19H,1-2H3. The van der Waals surface area contributed by atoms with E-state index in [-0.39, 0.29) is 11.8 Å². The fourth-order valence-corrected chi connectivity index (χ4v) is 2.19. The first-order valence-corrected chi connectivity index (χ1v) is 6.35. The molecule has 1 aromatic carbocycles. The number of aryl methyl sites for hydroxylation is 1. The van der Waals surface area contributed by atoms with E-state index in [2.05, 4.69) is 15.0 Å². The number of hydrogen-bond acceptors (Lipinski definition) is 3. The van der Waals surface area contributed by atoms with Crippen LogP contribution in [-0.2, 0) is 0 Å². The molecule has 0 aliphatic carbocycles. The number of benzene rings is 1. The molecule has 0 radical (unpaired) electrons. The third kappa shape index (κ3) is 3.95.